The normalized spacial score (nSPS) is 17.0. The smallest absolute Gasteiger partial charge is 0.412 e. The first-order chi connectivity index (χ1) is 14.2. The summed E-state index contributed by atoms with van der Waals surface area (Å²) in [5, 5.41) is 2.75. The Balaban J connectivity index is 1.82. The number of aromatic nitrogens is 2. The monoisotopic (exact) mass is 430 g/mol. The highest BCUT2D eigenvalue weighted by Crippen LogP contribution is 2.25. The first kappa shape index (κ1) is 22.4. The number of amides is 1. The summed E-state index contributed by atoms with van der Waals surface area (Å²) in [4.78, 5) is 23.8. The molecule has 8 heteroatoms. The maximum absolute atomic E-state index is 12.0. The molecule has 0 aliphatic carbocycles. The van der Waals surface area contributed by atoms with Crippen LogP contribution < -0.4 is 10.2 Å². The number of ether oxygens (including phenoxy) is 2. The lowest BCUT2D eigenvalue weighted by Gasteiger charge is -2.34. The fourth-order valence-electron chi connectivity index (χ4n) is 3.17. The van der Waals surface area contributed by atoms with Gasteiger partial charge in [-0.1, -0.05) is 0 Å². The van der Waals surface area contributed by atoms with Gasteiger partial charge >= 0.3 is 6.09 Å². The number of thioether (sulfide) groups is 1. The maximum atomic E-state index is 12.0. The van der Waals surface area contributed by atoms with Gasteiger partial charge in [0, 0.05) is 29.6 Å². The number of hydrogen-bond acceptors (Lipinski definition) is 7. The van der Waals surface area contributed by atoms with Gasteiger partial charge in [0.2, 0.25) is 0 Å². The van der Waals surface area contributed by atoms with Crippen molar-refractivity contribution in [2.75, 3.05) is 36.2 Å². The highest BCUT2D eigenvalue weighted by atomic mass is 32.2. The fraction of sp³-hybridized carbons (Fsp3) is 0.500. The average molecular weight is 431 g/mol. The summed E-state index contributed by atoms with van der Waals surface area (Å²) in [6.45, 7) is 9.86. The summed E-state index contributed by atoms with van der Waals surface area (Å²) in [5.41, 5.74) is 2.02. The predicted molar refractivity (Wildman–Crippen MR) is 122 cm³/mol. The van der Waals surface area contributed by atoms with E-state index in [2.05, 4.69) is 29.5 Å². The van der Waals surface area contributed by atoms with Crippen molar-refractivity contribution in [3.8, 4) is 11.4 Å². The quantitative estimate of drug-likeness (QED) is 0.744. The van der Waals surface area contributed by atoms with Crippen molar-refractivity contribution in [1.29, 1.82) is 0 Å². The average Bonchev–Trinajstić information content (AvgIpc) is 2.67. The molecule has 0 unspecified atom stereocenters. The molecule has 1 aliphatic heterocycles. The number of nitrogens with zero attached hydrogens (tertiary/aromatic N) is 3. The van der Waals surface area contributed by atoms with Gasteiger partial charge in [-0.25, -0.2) is 14.8 Å². The Morgan fingerprint density at radius 2 is 2.03 bits per heavy atom. The third-order valence-electron chi connectivity index (χ3n) is 4.51. The summed E-state index contributed by atoms with van der Waals surface area (Å²) < 4.78 is 10.9. The van der Waals surface area contributed by atoms with Gasteiger partial charge in [0.1, 0.15) is 11.4 Å². The van der Waals surface area contributed by atoms with Crippen molar-refractivity contribution >= 4 is 29.4 Å². The second-order valence-electron chi connectivity index (χ2n) is 8.30. The zero-order chi connectivity index (χ0) is 21.7. The van der Waals surface area contributed by atoms with E-state index >= 15 is 0 Å². The zero-order valence-electron chi connectivity index (χ0n) is 18.3. The van der Waals surface area contributed by atoms with Crippen LogP contribution in [0.15, 0.2) is 30.3 Å². The molecule has 162 valence electrons. The van der Waals surface area contributed by atoms with Crippen molar-refractivity contribution in [3.63, 3.8) is 0 Å². The Hall–Kier alpha value is -2.32. The molecule has 1 aromatic heterocycles. The van der Waals surface area contributed by atoms with Crippen molar-refractivity contribution < 1.29 is 14.3 Å². The molecule has 1 amide bonds. The van der Waals surface area contributed by atoms with Gasteiger partial charge in [-0.3, -0.25) is 5.32 Å². The molecule has 3 rings (SSSR count). The zero-order valence-corrected chi connectivity index (χ0v) is 19.1. The van der Waals surface area contributed by atoms with Crippen molar-refractivity contribution in [3.05, 3.63) is 36.0 Å². The Kier molecular flexibility index (Phi) is 7.20. The van der Waals surface area contributed by atoms with Crippen LogP contribution >= 0.6 is 11.8 Å². The van der Waals surface area contributed by atoms with Crippen molar-refractivity contribution in [2.45, 2.75) is 45.1 Å². The number of nitrogens with one attached hydrogen (secondary N) is 1. The predicted octanol–water partition coefficient (Wildman–Crippen LogP) is 4.58. The van der Waals surface area contributed by atoms with Crippen LogP contribution in [0.3, 0.4) is 0 Å². The van der Waals surface area contributed by atoms with Gasteiger partial charge in [0.15, 0.2) is 5.82 Å². The summed E-state index contributed by atoms with van der Waals surface area (Å²) in [7, 11) is 0. The molecule has 1 N–H and O–H groups in total. The molecular formula is C22H30N4O3S. The summed E-state index contributed by atoms with van der Waals surface area (Å²) >= 11 is 1.73. The van der Waals surface area contributed by atoms with E-state index < -0.39 is 11.7 Å². The Morgan fingerprint density at radius 3 is 2.67 bits per heavy atom. The molecule has 0 bridgehead atoms. The van der Waals surface area contributed by atoms with E-state index in [1.54, 1.807) is 11.8 Å². The van der Waals surface area contributed by atoms with E-state index in [4.69, 9.17) is 19.4 Å². The molecule has 0 saturated carbocycles. The second-order valence-corrected chi connectivity index (χ2v) is 9.16. The third kappa shape index (κ3) is 6.09. The Morgan fingerprint density at radius 1 is 1.30 bits per heavy atom. The SMILES string of the molecule is CSCc1cc(N2CCOC[C@@H]2C)nc(-c2ccc(NC(=O)OC(C)(C)C)cc2)n1. The number of carbonyl (C=O) groups is 1. The lowest BCUT2D eigenvalue weighted by atomic mass is 10.2. The molecule has 1 aromatic carbocycles. The topological polar surface area (TPSA) is 76.6 Å². The fourth-order valence-corrected chi connectivity index (χ4v) is 3.62. The van der Waals surface area contributed by atoms with Crippen LogP contribution in [0.5, 0.6) is 0 Å². The molecule has 2 heterocycles. The van der Waals surface area contributed by atoms with Gasteiger partial charge in [-0.15, -0.1) is 0 Å². The van der Waals surface area contributed by atoms with E-state index in [-0.39, 0.29) is 6.04 Å². The molecule has 1 fully saturated rings. The Bertz CT molecular complexity index is 868. The molecule has 1 saturated heterocycles. The van der Waals surface area contributed by atoms with Gasteiger partial charge in [0.25, 0.3) is 0 Å². The molecule has 1 aliphatic rings. The van der Waals surface area contributed by atoms with Crippen LogP contribution in [0.1, 0.15) is 33.4 Å². The van der Waals surface area contributed by atoms with Crippen LogP contribution in [0.25, 0.3) is 11.4 Å². The first-order valence-corrected chi connectivity index (χ1v) is 11.5. The van der Waals surface area contributed by atoms with Gasteiger partial charge in [-0.2, -0.15) is 11.8 Å². The molecule has 0 radical (unpaired) electrons. The molecular weight excluding hydrogens is 400 g/mol. The number of benzene rings is 1. The van der Waals surface area contributed by atoms with E-state index in [1.807, 2.05) is 45.0 Å². The lowest BCUT2D eigenvalue weighted by Crippen LogP contribution is -2.44. The van der Waals surface area contributed by atoms with Crippen LogP contribution in [-0.2, 0) is 15.2 Å². The number of hydrogen-bond donors (Lipinski definition) is 1. The third-order valence-corrected chi connectivity index (χ3v) is 5.09. The number of carbonyl (C=O) groups excluding carboxylic acids is 1. The Labute approximate surface area is 182 Å². The molecule has 1 atom stereocenters. The minimum Gasteiger partial charge on any atom is -0.444 e. The van der Waals surface area contributed by atoms with E-state index in [1.165, 1.54) is 0 Å². The van der Waals surface area contributed by atoms with Crippen LogP contribution in [-0.4, -0.2) is 53.7 Å². The minimum atomic E-state index is -0.539. The summed E-state index contributed by atoms with van der Waals surface area (Å²) in [6.07, 6.45) is 1.59. The van der Waals surface area contributed by atoms with E-state index in [0.717, 1.165) is 29.4 Å². The molecule has 2 aromatic rings. The van der Waals surface area contributed by atoms with Gasteiger partial charge in [0.05, 0.1) is 24.9 Å². The first-order valence-electron chi connectivity index (χ1n) is 10.1. The van der Waals surface area contributed by atoms with Crippen molar-refractivity contribution in [1.82, 2.24) is 9.97 Å². The highest BCUT2D eigenvalue weighted by Gasteiger charge is 2.22. The van der Waals surface area contributed by atoms with Crippen LogP contribution in [0.2, 0.25) is 0 Å². The summed E-state index contributed by atoms with van der Waals surface area (Å²) in [5.74, 6) is 2.43. The van der Waals surface area contributed by atoms with Crippen LogP contribution in [0.4, 0.5) is 16.3 Å². The number of anilines is 2. The maximum Gasteiger partial charge on any atom is 0.412 e. The lowest BCUT2D eigenvalue weighted by molar-refractivity contribution is 0.0636. The van der Waals surface area contributed by atoms with Crippen molar-refractivity contribution in [2.24, 2.45) is 0 Å². The largest absolute Gasteiger partial charge is 0.444 e. The number of morpholine rings is 1. The van der Waals surface area contributed by atoms with E-state index in [9.17, 15) is 4.79 Å². The van der Waals surface area contributed by atoms with Gasteiger partial charge < -0.3 is 14.4 Å². The summed E-state index contributed by atoms with van der Waals surface area (Å²) in [6, 6.07) is 9.83. The highest BCUT2D eigenvalue weighted by molar-refractivity contribution is 7.97. The standard InChI is InChI=1S/C22H30N4O3S/c1-15-13-28-11-10-26(15)19-12-18(14-30-5)23-20(25-19)16-6-8-17(9-7-16)24-21(27)29-22(2,3)4/h6-9,12,15H,10-11,13-14H2,1-5H3,(H,24,27)/t15-/m0/s1. The molecule has 7 nitrogen and oxygen atoms in total. The van der Waals surface area contributed by atoms with Gasteiger partial charge in [-0.05, 0) is 58.2 Å². The van der Waals surface area contributed by atoms with Crippen LogP contribution in [0, 0.1) is 0 Å². The molecule has 30 heavy (non-hydrogen) atoms. The minimum absolute atomic E-state index is 0.268. The molecule has 0 spiro atoms. The second kappa shape index (κ2) is 9.66. The van der Waals surface area contributed by atoms with E-state index in [0.29, 0.717) is 24.7 Å². The number of rotatable bonds is 5.